The van der Waals surface area contributed by atoms with Gasteiger partial charge in [-0.25, -0.2) is 0 Å². The molecule has 4 saturated heterocycles. The molecule has 12 aromatic rings. The molecule has 0 bridgehead atoms. The topological polar surface area (TPSA) is 167 Å². The number of hydrogen-bond acceptors (Lipinski definition) is 12. The maximum atomic E-state index is 10.0. The Labute approximate surface area is 762 Å². The van der Waals surface area contributed by atoms with Crippen molar-refractivity contribution in [3.05, 3.63) is 456 Å². The molecule has 4 heterocycles. The smallest absolute Gasteiger partial charge is 0.269 e. The van der Waals surface area contributed by atoms with Gasteiger partial charge in [-0.05, 0) is 75.7 Å². The van der Waals surface area contributed by atoms with Crippen LogP contribution in [0, 0.1) is 47.9 Å². The molecule has 4 aliphatic rings. The largest absolute Gasteiger partial charge is 0.399 e. The summed E-state index contributed by atoms with van der Waals surface area (Å²) < 4.78 is 5.69. The Bertz CT molecular complexity index is 3990. The zero-order valence-electron chi connectivity index (χ0n) is 65.7. The second kappa shape index (κ2) is 65.9. The average molecular weight is 1750 g/mol. The average Bonchev–Trinajstić information content (AvgIpc) is 0.814. The third kappa shape index (κ3) is 38.8. The van der Waals surface area contributed by atoms with Gasteiger partial charge >= 0.3 is 0 Å². The van der Waals surface area contributed by atoms with Gasteiger partial charge in [-0.15, -0.1) is 26.2 Å². The monoisotopic (exact) mass is 1740 g/mol. The van der Waals surface area contributed by atoms with Gasteiger partial charge in [-0.2, -0.15) is 0 Å². The first-order chi connectivity index (χ1) is 53.0. The maximum Gasteiger partial charge on any atom is 0.269 e. The summed E-state index contributed by atoms with van der Waals surface area (Å²) in [6, 6.07) is 122. The van der Waals surface area contributed by atoms with E-state index in [1.54, 1.807) is 36.4 Å². The summed E-state index contributed by atoms with van der Waals surface area (Å²) in [6.45, 7) is 15.0. The van der Waals surface area contributed by atoms with Crippen LogP contribution in [0.15, 0.2) is 364 Å². The van der Waals surface area contributed by atoms with Crippen LogP contribution in [0.5, 0.6) is 0 Å². The predicted molar refractivity (Wildman–Crippen MR) is 497 cm³/mol. The number of nitrogens with one attached hydrogen (secondary N) is 1. The number of nitro groups is 2. The van der Waals surface area contributed by atoms with Crippen molar-refractivity contribution in [1.29, 1.82) is 0 Å². The van der Waals surface area contributed by atoms with Gasteiger partial charge in [-0.1, -0.05) is 380 Å². The molecule has 628 valence electrons. The molecule has 4 N–H and O–H groups in total. The van der Waals surface area contributed by atoms with Gasteiger partial charge in [0.05, 0.1) is 46.2 Å². The van der Waals surface area contributed by atoms with Crippen LogP contribution in [0.2, 0.25) is 0 Å². The van der Waals surface area contributed by atoms with E-state index in [1.165, 1.54) is 75.2 Å². The van der Waals surface area contributed by atoms with Gasteiger partial charge in [0.15, 0.2) is 0 Å². The maximum absolute atomic E-state index is 10.0. The number of nitrogens with zero attached hydrogens (tertiary/aromatic N) is 6. The molecule has 2 radical (unpaired) electrons. The number of nitrogens with two attached hydrogens (primary N) is 1. The van der Waals surface area contributed by atoms with Gasteiger partial charge < -0.3 is 58.4 Å². The second-order valence-corrected chi connectivity index (χ2v) is 25.9. The van der Waals surface area contributed by atoms with Crippen molar-refractivity contribution >= 4 is 22.7 Å². The van der Waals surface area contributed by atoms with Crippen molar-refractivity contribution < 1.29 is 85.1 Å². The van der Waals surface area contributed by atoms with Crippen LogP contribution in [-0.4, -0.2) is 113 Å². The minimum absolute atomic E-state index is 0. The van der Waals surface area contributed by atoms with Crippen LogP contribution < -0.4 is 11.1 Å². The fourth-order valence-electron chi connectivity index (χ4n) is 12.4. The number of ether oxygens (including phenoxy) is 1. The number of aliphatic hydroxyl groups excluding tert-OH is 1. The molecule has 0 aliphatic carbocycles. The Morgan fingerprint density at radius 2 is 0.559 bits per heavy atom. The van der Waals surface area contributed by atoms with Crippen molar-refractivity contribution in [1.82, 2.24) is 19.6 Å². The molecule has 16 heteroatoms. The Kier molecular flexibility index (Phi) is 63.2. The number of nitrogen functional groups attached to an aromatic ring is 1. The molecule has 118 heavy (non-hydrogen) atoms. The molecule has 4 fully saturated rings. The summed E-state index contributed by atoms with van der Waals surface area (Å²) >= 11 is 0. The number of anilines is 2. The van der Waals surface area contributed by atoms with Crippen LogP contribution in [0.1, 0.15) is 140 Å². The van der Waals surface area contributed by atoms with Gasteiger partial charge in [0.2, 0.25) is 0 Å². The van der Waals surface area contributed by atoms with Crippen LogP contribution in [0.25, 0.3) is 0 Å². The standard InChI is InChI=1S/C18H21NO.C16H17NO.2C16H16N.C7H9N.2C6H5NO2.C6H7N.C3H8.6CH4.2CH3.2Y/c1-2-20-17-13-19(14-17)18(15-9-5-3-6-10-15)16-11-7-4-8-12-16;18-15-11-17(12-15)16(13-7-3-1-4-8-13)14-9-5-2-6-10-14;2*1-3-8-14(9-4-1)16(17-12-7-13-17)15-10-5-2-6-11-15;1-8-7-5-3-2-4-6-7;2*8-7(9)6-4-2-1-3-5-6;7-6-4-2-1-3-5-6;1-3-2;;;;;;;;;;/h3-12,17-18H,2,13-14H2,1H3;1-10,15-16,18H,11-12H2;2*1-11,16H,12-13H2;2-6,8H,1H3;2*1-5H;1-5H,7H2;3H2,1-2H3;6*1H4;2*1H3;;/q;;2*-1;;;;;;;;;;;;2*-1;;. The van der Waals surface area contributed by atoms with E-state index in [4.69, 9.17) is 10.5 Å². The molecule has 0 spiro atoms. The van der Waals surface area contributed by atoms with Gasteiger partial charge in [0.1, 0.15) is 0 Å². The molecule has 4 aliphatic heterocycles. The normalized spacial score (nSPS) is 12.5. The summed E-state index contributed by atoms with van der Waals surface area (Å²) in [7, 11) is 1.91. The molecular formula is C102H134N8O6Y2-4. The van der Waals surface area contributed by atoms with Crippen LogP contribution in [-0.2, 0) is 70.2 Å². The van der Waals surface area contributed by atoms with Crippen molar-refractivity contribution in [3.8, 4) is 0 Å². The number of β-amino-alcohol motifs (C(OH)–C–C–N with tert-alkyl or cyclic N) is 1. The molecular weight excluding hydrogens is 1610 g/mol. The number of hydrogen-bond donors (Lipinski definition) is 3. The quantitative estimate of drug-likeness (QED) is 0.0342. The first-order valence-corrected chi connectivity index (χ1v) is 37.2. The van der Waals surface area contributed by atoms with E-state index in [9.17, 15) is 25.3 Å². The molecule has 14 nitrogen and oxygen atoms in total. The van der Waals surface area contributed by atoms with E-state index in [2.05, 4.69) is 289 Å². The number of non-ortho nitro benzene ring substituents is 2. The van der Waals surface area contributed by atoms with E-state index >= 15 is 0 Å². The Morgan fingerprint density at radius 3 is 0.712 bits per heavy atom. The van der Waals surface area contributed by atoms with Crippen LogP contribution in [0.3, 0.4) is 0 Å². The molecule has 0 aromatic heterocycles. The number of aliphatic hydroxyl groups is 1. The number of likely N-dealkylation sites (tertiary alicyclic amines) is 4. The first-order valence-electron chi connectivity index (χ1n) is 37.2. The van der Waals surface area contributed by atoms with Crippen LogP contribution in [0.4, 0.5) is 22.7 Å². The Balaban J connectivity index is -0.00000129. The Hall–Kier alpha value is -8.99. The Morgan fingerprint density at radius 1 is 0.364 bits per heavy atom. The second-order valence-electron chi connectivity index (χ2n) is 25.9. The molecule has 12 aromatic carbocycles. The zero-order valence-corrected chi connectivity index (χ0v) is 71.4. The zero-order chi connectivity index (χ0) is 76.2. The third-order valence-electron chi connectivity index (χ3n) is 17.8. The van der Waals surface area contributed by atoms with E-state index in [1.807, 2.05) is 79.8 Å². The van der Waals surface area contributed by atoms with Gasteiger partial charge in [-0.3, -0.25) is 30.0 Å². The summed E-state index contributed by atoms with van der Waals surface area (Å²) in [5.41, 5.74) is 18.4. The SMILES string of the molecule is C.C.C.C.C.C.CCC.CCOC1CN(C(c2ccccc2)c2ccccc2)C1.CNc1ccccc1.Nc1ccccc1.O=[N+]([O-])c1ccccc1.O=[N+]([O-])c1ccccc1.OC1CN(C(c2ccccc2)c2ccccc2)C1.[CH3-].[CH3-].[Y].[Y].c1ccc(C(c2ccccc2)N2C[CH-]C2)cc1.c1ccc(C(c2ccccc2)N2C[CH-]C2)cc1. The van der Waals surface area contributed by atoms with E-state index in [0.717, 1.165) is 70.3 Å². The van der Waals surface area contributed by atoms with Crippen molar-refractivity contribution in [3.63, 3.8) is 0 Å². The minimum atomic E-state index is -0.417. The summed E-state index contributed by atoms with van der Waals surface area (Å²) in [6.07, 6.45) is 6.12. The summed E-state index contributed by atoms with van der Waals surface area (Å²) in [5, 5.41) is 32.6. The molecule has 0 unspecified atom stereocenters. The molecule has 0 atom stereocenters. The predicted octanol–water partition coefficient (Wildman–Crippen LogP) is 24.9. The molecule has 0 amide bonds. The number of nitro benzene ring substituents is 2. The van der Waals surface area contributed by atoms with Gasteiger partial charge in [0, 0.05) is 141 Å². The van der Waals surface area contributed by atoms with Gasteiger partial charge in [0.25, 0.3) is 11.4 Å². The number of rotatable bonds is 17. The van der Waals surface area contributed by atoms with Crippen LogP contribution >= 0.6 is 0 Å². The molecule has 0 saturated carbocycles. The van der Waals surface area contributed by atoms with Crippen molar-refractivity contribution in [2.24, 2.45) is 0 Å². The fraction of sp³-hybridized carbons (Fsp3) is 0.255. The fourth-order valence-corrected chi connectivity index (χ4v) is 12.4. The van der Waals surface area contributed by atoms with Crippen molar-refractivity contribution in [2.75, 3.05) is 77.1 Å². The van der Waals surface area contributed by atoms with Crippen molar-refractivity contribution in [2.45, 2.75) is 108 Å². The molecule has 16 rings (SSSR count). The summed E-state index contributed by atoms with van der Waals surface area (Å²) in [5.74, 6) is 0. The third-order valence-corrected chi connectivity index (χ3v) is 17.8. The summed E-state index contributed by atoms with van der Waals surface area (Å²) in [4.78, 5) is 29.0. The number of benzene rings is 12. The van der Waals surface area contributed by atoms with E-state index in [-0.39, 0.29) is 148 Å². The number of para-hydroxylation sites is 4. The van der Waals surface area contributed by atoms with E-state index in [0.29, 0.717) is 24.2 Å². The first kappa shape index (κ1) is 113. The minimum Gasteiger partial charge on any atom is -0.399 e. The van der Waals surface area contributed by atoms with E-state index < -0.39 is 9.85 Å².